The summed E-state index contributed by atoms with van der Waals surface area (Å²) in [6, 6.07) is 4.07. The van der Waals surface area contributed by atoms with Gasteiger partial charge in [-0.3, -0.25) is 0 Å². The van der Waals surface area contributed by atoms with E-state index in [1.54, 1.807) is 6.07 Å². The number of thiocarbonyl (C=S) groups is 1. The molecule has 0 saturated carbocycles. The van der Waals surface area contributed by atoms with E-state index in [1.807, 2.05) is 0 Å². The van der Waals surface area contributed by atoms with Gasteiger partial charge in [-0.2, -0.15) is 13.2 Å². The molecule has 1 saturated heterocycles. The number of rotatable bonds is 3. The van der Waals surface area contributed by atoms with Crippen LogP contribution >= 0.6 is 12.2 Å². The van der Waals surface area contributed by atoms with Crippen LogP contribution in [0, 0.1) is 0 Å². The first-order valence-corrected chi connectivity index (χ1v) is 6.64. The van der Waals surface area contributed by atoms with Crippen LogP contribution in [0.4, 0.5) is 18.9 Å². The summed E-state index contributed by atoms with van der Waals surface area (Å²) in [7, 11) is 0. The van der Waals surface area contributed by atoms with Gasteiger partial charge in [0.25, 0.3) is 0 Å². The number of ether oxygens (including phenoxy) is 1. The average Bonchev–Trinajstić information content (AvgIpc) is 2.38. The summed E-state index contributed by atoms with van der Waals surface area (Å²) < 4.78 is 44.2. The van der Waals surface area contributed by atoms with Crippen molar-refractivity contribution in [1.29, 1.82) is 0 Å². The van der Waals surface area contributed by atoms with Gasteiger partial charge in [0.05, 0.1) is 5.56 Å². The highest BCUT2D eigenvalue weighted by Crippen LogP contribution is 2.34. The predicted molar refractivity (Wildman–Crippen MR) is 74.8 cm³/mol. The number of anilines is 1. The number of benzene rings is 1. The molecule has 0 spiro atoms. The number of hydrogen-bond donors (Lipinski definition) is 2. The highest BCUT2D eigenvalue weighted by molar-refractivity contribution is 7.80. The van der Waals surface area contributed by atoms with Gasteiger partial charge in [-0.05, 0) is 31.0 Å². The fraction of sp³-hybridized carbons (Fsp3) is 0.462. The van der Waals surface area contributed by atoms with Crippen LogP contribution in [0.2, 0.25) is 0 Å². The Morgan fingerprint density at radius 1 is 1.30 bits per heavy atom. The minimum Gasteiger partial charge on any atom is -0.389 e. The number of nitrogens with two attached hydrogens (primary N) is 1. The van der Waals surface area contributed by atoms with Crippen LogP contribution in [0.3, 0.4) is 0 Å². The van der Waals surface area contributed by atoms with Crippen LogP contribution in [0.1, 0.15) is 24.0 Å². The molecule has 0 aromatic heterocycles. The topological polar surface area (TPSA) is 47.3 Å². The minimum absolute atomic E-state index is 0.125. The SMILES string of the molecule is NC(=S)c1ccc(NC2CCOCC2)cc1C(F)(F)F. The minimum atomic E-state index is -4.48. The lowest BCUT2D eigenvalue weighted by atomic mass is 10.0. The van der Waals surface area contributed by atoms with Gasteiger partial charge in [0.15, 0.2) is 0 Å². The molecule has 0 unspecified atom stereocenters. The van der Waals surface area contributed by atoms with Crippen molar-refractivity contribution in [3.63, 3.8) is 0 Å². The standard InChI is InChI=1S/C13H15F3N2OS/c14-13(15,16)11-7-9(1-2-10(11)12(17)20)18-8-3-5-19-6-4-8/h1-2,7-8,18H,3-6H2,(H2,17,20). The molecule has 0 atom stereocenters. The summed E-state index contributed by atoms with van der Waals surface area (Å²) in [6.45, 7) is 1.24. The molecule has 1 aliphatic heterocycles. The largest absolute Gasteiger partial charge is 0.417 e. The maximum atomic E-state index is 13.0. The van der Waals surface area contributed by atoms with E-state index in [0.29, 0.717) is 18.9 Å². The van der Waals surface area contributed by atoms with Crippen molar-refractivity contribution in [2.45, 2.75) is 25.1 Å². The predicted octanol–water partition coefficient (Wildman–Crippen LogP) is 2.93. The van der Waals surface area contributed by atoms with E-state index < -0.39 is 11.7 Å². The van der Waals surface area contributed by atoms with Crippen molar-refractivity contribution in [2.24, 2.45) is 5.73 Å². The van der Waals surface area contributed by atoms with Crippen molar-refractivity contribution in [3.05, 3.63) is 29.3 Å². The zero-order valence-corrected chi connectivity index (χ0v) is 11.5. The summed E-state index contributed by atoms with van der Waals surface area (Å²) in [6.07, 6.45) is -2.93. The summed E-state index contributed by atoms with van der Waals surface area (Å²) >= 11 is 4.66. The Kier molecular flexibility index (Phi) is 4.49. The summed E-state index contributed by atoms with van der Waals surface area (Å²) in [5.41, 5.74) is 4.81. The average molecular weight is 304 g/mol. The fourth-order valence-electron chi connectivity index (χ4n) is 2.16. The van der Waals surface area contributed by atoms with Gasteiger partial charge in [-0.1, -0.05) is 12.2 Å². The van der Waals surface area contributed by atoms with Gasteiger partial charge in [0, 0.05) is 30.5 Å². The van der Waals surface area contributed by atoms with E-state index >= 15 is 0 Å². The van der Waals surface area contributed by atoms with E-state index in [0.717, 1.165) is 18.9 Å². The Hall–Kier alpha value is -1.34. The van der Waals surface area contributed by atoms with Crippen LogP contribution in [0.5, 0.6) is 0 Å². The lowest BCUT2D eigenvalue weighted by Gasteiger charge is -2.25. The lowest BCUT2D eigenvalue weighted by molar-refractivity contribution is -0.137. The van der Waals surface area contributed by atoms with Gasteiger partial charge < -0.3 is 15.8 Å². The summed E-state index contributed by atoms with van der Waals surface area (Å²) in [5.74, 6) is 0. The molecule has 0 radical (unpaired) electrons. The van der Waals surface area contributed by atoms with Gasteiger partial charge in [0.1, 0.15) is 4.99 Å². The van der Waals surface area contributed by atoms with Gasteiger partial charge >= 0.3 is 6.18 Å². The first-order valence-electron chi connectivity index (χ1n) is 6.23. The molecule has 1 aromatic carbocycles. The first-order chi connectivity index (χ1) is 9.38. The molecule has 1 fully saturated rings. The van der Waals surface area contributed by atoms with Crippen molar-refractivity contribution in [2.75, 3.05) is 18.5 Å². The Balaban J connectivity index is 2.25. The third-order valence-electron chi connectivity index (χ3n) is 3.18. The Morgan fingerprint density at radius 3 is 2.50 bits per heavy atom. The Labute approximate surface area is 120 Å². The first kappa shape index (κ1) is 15.1. The van der Waals surface area contributed by atoms with E-state index in [2.05, 4.69) is 17.5 Å². The molecule has 3 N–H and O–H groups in total. The molecule has 20 heavy (non-hydrogen) atoms. The van der Waals surface area contributed by atoms with Gasteiger partial charge in [0.2, 0.25) is 0 Å². The number of alkyl halides is 3. The van der Waals surface area contributed by atoms with E-state index in [4.69, 9.17) is 10.5 Å². The van der Waals surface area contributed by atoms with Crippen molar-refractivity contribution < 1.29 is 17.9 Å². The molecule has 110 valence electrons. The van der Waals surface area contributed by atoms with E-state index in [-0.39, 0.29) is 16.6 Å². The third kappa shape index (κ3) is 3.61. The monoisotopic (exact) mass is 304 g/mol. The van der Waals surface area contributed by atoms with Crippen LogP contribution in [0.15, 0.2) is 18.2 Å². The summed E-state index contributed by atoms with van der Waals surface area (Å²) in [5, 5.41) is 3.10. The molecule has 1 aromatic rings. The molecule has 2 rings (SSSR count). The maximum absolute atomic E-state index is 13.0. The molecular formula is C13H15F3N2OS. The van der Waals surface area contributed by atoms with E-state index in [9.17, 15) is 13.2 Å². The number of halogens is 3. The Bertz CT molecular complexity index is 499. The second kappa shape index (κ2) is 5.97. The third-order valence-corrected chi connectivity index (χ3v) is 3.40. The number of nitrogens with one attached hydrogen (secondary N) is 1. The zero-order chi connectivity index (χ0) is 14.8. The Morgan fingerprint density at radius 2 is 1.95 bits per heavy atom. The summed E-state index contributed by atoms with van der Waals surface area (Å²) in [4.78, 5) is -0.255. The molecule has 1 heterocycles. The molecule has 1 aliphatic rings. The molecule has 0 amide bonds. The highest BCUT2D eigenvalue weighted by Gasteiger charge is 2.34. The quantitative estimate of drug-likeness (QED) is 0.843. The van der Waals surface area contributed by atoms with Crippen LogP contribution < -0.4 is 11.1 Å². The molecule has 0 aliphatic carbocycles. The van der Waals surface area contributed by atoms with Crippen LogP contribution in [-0.2, 0) is 10.9 Å². The fourth-order valence-corrected chi connectivity index (χ4v) is 2.34. The zero-order valence-electron chi connectivity index (χ0n) is 10.7. The molecular weight excluding hydrogens is 289 g/mol. The highest BCUT2D eigenvalue weighted by atomic mass is 32.1. The van der Waals surface area contributed by atoms with Crippen molar-refractivity contribution in [1.82, 2.24) is 0 Å². The van der Waals surface area contributed by atoms with Gasteiger partial charge in [-0.25, -0.2) is 0 Å². The second-order valence-electron chi connectivity index (χ2n) is 4.65. The lowest BCUT2D eigenvalue weighted by Crippen LogP contribution is -2.28. The molecule has 0 bridgehead atoms. The maximum Gasteiger partial charge on any atom is 0.417 e. The van der Waals surface area contributed by atoms with Crippen molar-refractivity contribution >= 4 is 22.9 Å². The second-order valence-corrected chi connectivity index (χ2v) is 5.09. The normalized spacial score (nSPS) is 16.9. The van der Waals surface area contributed by atoms with Crippen LogP contribution in [-0.4, -0.2) is 24.2 Å². The molecule has 3 nitrogen and oxygen atoms in total. The smallest absolute Gasteiger partial charge is 0.389 e. The molecule has 7 heteroatoms. The van der Waals surface area contributed by atoms with Crippen molar-refractivity contribution in [3.8, 4) is 0 Å². The van der Waals surface area contributed by atoms with Gasteiger partial charge in [-0.15, -0.1) is 0 Å². The van der Waals surface area contributed by atoms with E-state index in [1.165, 1.54) is 6.07 Å². The van der Waals surface area contributed by atoms with Crippen LogP contribution in [0.25, 0.3) is 0 Å². The number of hydrogen-bond acceptors (Lipinski definition) is 3.